The Balaban J connectivity index is 1.28. The molecule has 3 heterocycles. The van der Waals surface area contributed by atoms with Gasteiger partial charge in [0.2, 0.25) is 5.91 Å². The molecule has 0 atom stereocenters. The number of carbonyl (C=O) groups is 1. The molecule has 2 aromatic rings. The molecule has 6 heteroatoms. The van der Waals surface area contributed by atoms with Crippen LogP contribution in [0.2, 0.25) is 0 Å². The summed E-state index contributed by atoms with van der Waals surface area (Å²) in [5.41, 5.74) is 2.32. The SMILES string of the molecule is O=C1N([C@H]2CC[C@@H](O)CC2)CCC12CCN(c1cc(-c3ccncc3)ccc1F)CC2. The van der Waals surface area contributed by atoms with Gasteiger partial charge in [0.1, 0.15) is 5.82 Å². The molecule has 31 heavy (non-hydrogen) atoms. The summed E-state index contributed by atoms with van der Waals surface area (Å²) in [5, 5.41) is 9.79. The van der Waals surface area contributed by atoms with E-state index in [4.69, 9.17) is 0 Å². The lowest BCUT2D eigenvalue weighted by Crippen LogP contribution is -2.47. The number of nitrogens with zero attached hydrogens (tertiary/aromatic N) is 3. The van der Waals surface area contributed by atoms with Crippen LogP contribution in [-0.4, -0.2) is 52.7 Å². The van der Waals surface area contributed by atoms with Gasteiger partial charge >= 0.3 is 0 Å². The maximum Gasteiger partial charge on any atom is 0.229 e. The number of halogens is 1. The predicted molar refractivity (Wildman–Crippen MR) is 118 cm³/mol. The Morgan fingerprint density at radius 1 is 0.935 bits per heavy atom. The average molecular weight is 424 g/mol. The molecular weight excluding hydrogens is 393 g/mol. The van der Waals surface area contributed by atoms with Gasteiger partial charge in [-0.1, -0.05) is 6.07 Å². The van der Waals surface area contributed by atoms with E-state index >= 15 is 0 Å². The first kappa shape index (κ1) is 20.4. The van der Waals surface area contributed by atoms with E-state index in [1.54, 1.807) is 18.5 Å². The zero-order valence-electron chi connectivity index (χ0n) is 17.8. The third-order valence-electron chi connectivity index (χ3n) is 7.67. The van der Waals surface area contributed by atoms with Gasteiger partial charge in [-0.25, -0.2) is 4.39 Å². The number of aliphatic hydroxyl groups is 1. The molecule has 1 N–H and O–H groups in total. The van der Waals surface area contributed by atoms with Gasteiger partial charge in [-0.15, -0.1) is 0 Å². The van der Waals surface area contributed by atoms with E-state index in [9.17, 15) is 14.3 Å². The van der Waals surface area contributed by atoms with Crippen molar-refractivity contribution >= 4 is 11.6 Å². The van der Waals surface area contributed by atoms with E-state index < -0.39 is 0 Å². The van der Waals surface area contributed by atoms with Gasteiger partial charge in [0.15, 0.2) is 0 Å². The number of rotatable bonds is 3. The molecule has 5 nitrogen and oxygen atoms in total. The van der Waals surface area contributed by atoms with E-state index in [0.29, 0.717) is 24.7 Å². The number of benzene rings is 1. The van der Waals surface area contributed by atoms with Gasteiger partial charge in [-0.05, 0) is 80.3 Å². The molecule has 1 saturated carbocycles. The van der Waals surface area contributed by atoms with E-state index in [1.807, 2.05) is 18.2 Å². The van der Waals surface area contributed by atoms with E-state index in [1.165, 1.54) is 6.07 Å². The molecule has 1 aromatic heterocycles. The van der Waals surface area contributed by atoms with E-state index in [0.717, 1.165) is 62.6 Å². The summed E-state index contributed by atoms with van der Waals surface area (Å²) < 4.78 is 14.7. The molecule has 1 aliphatic carbocycles. The monoisotopic (exact) mass is 423 g/mol. The van der Waals surface area contributed by atoms with Crippen LogP contribution in [0.15, 0.2) is 42.7 Å². The fourth-order valence-electron chi connectivity index (χ4n) is 5.68. The topological polar surface area (TPSA) is 56.7 Å². The quantitative estimate of drug-likeness (QED) is 0.811. The van der Waals surface area contributed by atoms with Crippen molar-refractivity contribution < 1.29 is 14.3 Å². The van der Waals surface area contributed by atoms with Gasteiger partial charge in [0, 0.05) is 38.1 Å². The number of aromatic nitrogens is 1. The van der Waals surface area contributed by atoms with Gasteiger partial charge in [0.05, 0.1) is 17.2 Å². The summed E-state index contributed by atoms with van der Waals surface area (Å²) in [6, 6.07) is 9.40. The van der Waals surface area contributed by atoms with Gasteiger partial charge < -0.3 is 14.9 Å². The van der Waals surface area contributed by atoms with Crippen LogP contribution >= 0.6 is 0 Å². The molecule has 1 aromatic carbocycles. The Morgan fingerprint density at radius 3 is 2.32 bits per heavy atom. The van der Waals surface area contributed by atoms with Crippen LogP contribution in [0, 0.1) is 11.2 Å². The highest BCUT2D eigenvalue weighted by Crippen LogP contribution is 2.44. The second-order valence-electron chi connectivity index (χ2n) is 9.38. The number of aliphatic hydroxyl groups excluding tert-OH is 1. The number of carbonyl (C=O) groups excluding carboxylic acids is 1. The third kappa shape index (κ3) is 3.82. The van der Waals surface area contributed by atoms with Crippen molar-refractivity contribution in [3.8, 4) is 11.1 Å². The van der Waals surface area contributed by atoms with Crippen LogP contribution in [0.3, 0.4) is 0 Å². The van der Waals surface area contributed by atoms with Crippen LogP contribution in [0.1, 0.15) is 44.9 Å². The van der Waals surface area contributed by atoms with Crippen LogP contribution in [0.4, 0.5) is 10.1 Å². The maximum atomic E-state index is 14.7. The summed E-state index contributed by atoms with van der Waals surface area (Å²) in [5.74, 6) is 0.0773. The Morgan fingerprint density at radius 2 is 1.61 bits per heavy atom. The van der Waals surface area contributed by atoms with Crippen LogP contribution in [-0.2, 0) is 4.79 Å². The molecular formula is C25H30FN3O2. The van der Waals surface area contributed by atoms with E-state index in [2.05, 4.69) is 14.8 Å². The smallest absolute Gasteiger partial charge is 0.229 e. The summed E-state index contributed by atoms with van der Waals surface area (Å²) in [6.07, 6.45) is 9.13. The van der Waals surface area contributed by atoms with Gasteiger partial charge in [-0.3, -0.25) is 9.78 Å². The molecule has 0 bridgehead atoms. The van der Waals surface area contributed by atoms with E-state index in [-0.39, 0.29) is 23.4 Å². The van der Waals surface area contributed by atoms with Crippen molar-refractivity contribution in [3.63, 3.8) is 0 Å². The molecule has 2 aliphatic heterocycles. The molecule has 1 amide bonds. The molecule has 0 radical (unpaired) electrons. The van der Waals surface area contributed by atoms with Crippen molar-refractivity contribution in [2.75, 3.05) is 24.5 Å². The normalized spacial score (nSPS) is 25.9. The standard InChI is InChI=1S/C25H30FN3O2/c26-22-6-1-19(18-7-12-27-13-8-18)17-23(22)28-14-9-25(10-15-28)11-16-29(24(25)31)20-2-4-21(30)5-3-20/h1,6-8,12-13,17,20-21,30H,2-5,9-11,14-16H2/t20-,21+. The lowest BCUT2D eigenvalue weighted by Gasteiger charge is -2.40. The first-order valence-corrected chi connectivity index (χ1v) is 11.5. The number of anilines is 1. The number of pyridine rings is 1. The van der Waals surface area contributed by atoms with Crippen LogP contribution < -0.4 is 4.90 Å². The highest BCUT2D eigenvalue weighted by atomic mass is 19.1. The Bertz CT molecular complexity index is 935. The number of hydrogen-bond acceptors (Lipinski definition) is 4. The van der Waals surface area contributed by atoms with Crippen molar-refractivity contribution in [3.05, 3.63) is 48.5 Å². The number of likely N-dealkylation sites (tertiary alicyclic amines) is 1. The number of amides is 1. The Hall–Kier alpha value is -2.47. The minimum Gasteiger partial charge on any atom is -0.393 e. The second-order valence-corrected chi connectivity index (χ2v) is 9.38. The highest BCUT2D eigenvalue weighted by molar-refractivity contribution is 5.85. The fourth-order valence-corrected chi connectivity index (χ4v) is 5.68. The fraction of sp³-hybridized carbons (Fsp3) is 0.520. The number of piperidine rings is 1. The zero-order chi connectivity index (χ0) is 21.4. The molecule has 5 rings (SSSR count). The molecule has 2 saturated heterocycles. The molecule has 3 fully saturated rings. The van der Waals surface area contributed by atoms with Crippen molar-refractivity contribution in [2.45, 2.75) is 57.1 Å². The Kier molecular flexibility index (Phi) is 5.42. The molecule has 3 aliphatic rings. The van der Waals surface area contributed by atoms with Crippen molar-refractivity contribution in [1.82, 2.24) is 9.88 Å². The Labute approximate surface area is 182 Å². The zero-order valence-corrected chi connectivity index (χ0v) is 17.8. The van der Waals surface area contributed by atoms with Gasteiger partial charge in [0.25, 0.3) is 0 Å². The first-order chi connectivity index (χ1) is 15.1. The number of hydrogen-bond donors (Lipinski definition) is 1. The van der Waals surface area contributed by atoms with Crippen molar-refractivity contribution in [1.29, 1.82) is 0 Å². The van der Waals surface area contributed by atoms with Crippen molar-refractivity contribution in [2.24, 2.45) is 5.41 Å². The summed E-state index contributed by atoms with van der Waals surface area (Å²) in [4.78, 5) is 21.6. The molecule has 1 spiro atoms. The lowest BCUT2D eigenvalue weighted by atomic mass is 9.76. The first-order valence-electron chi connectivity index (χ1n) is 11.5. The largest absolute Gasteiger partial charge is 0.393 e. The van der Waals surface area contributed by atoms with Gasteiger partial charge in [-0.2, -0.15) is 0 Å². The highest BCUT2D eigenvalue weighted by Gasteiger charge is 2.50. The molecule has 164 valence electrons. The van der Waals surface area contributed by atoms with Crippen LogP contribution in [0.25, 0.3) is 11.1 Å². The summed E-state index contributed by atoms with van der Waals surface area (Å²) in [7, 11) is 0. The average Bonchev–Trinajstić information content (AvgIpc) is 3.12. The molecule has 0 unspecified atom stereocenters. The maximum absolute atomic E-state index is 14.7. The van der Waals surface area contributed by atoms with Crippen LogP contribution in [0.5, 0.6) is 0 Å². The minimum atomic E-state index is -0.286. The summed E-state index contributed by atoms with van der Waals surface area (Å²) >= 11 is 0. The predicted octanol–water partition coefficient (Wildman–Crippen LogP) is 4.01. The lowest BCUT2D eigenvalue weighted by molar-refractivity contribution is -0.139. The third-order valence-corrected chi connectivity index (χ3v) is 7.67. The summed E-state index contributed by atoms with van der Waals surface area (Å²) in [6.45, 7) is 2.21. The minimum absolute atomic E-state index is 0.205. The second kappa shape index (κ2) is 8.23.